The normalized spacial score (nSPS) is 16.0. The number of hydrogen-bond acceptors (Lipinski definition) is 4. The Balaban J connectivity index is 1.50. The summed E-state index contributed by atoms with van der Waals surface area (Å²) in [6.07, 6.45) is 2.01. The van der Waals surface area contributed by atoms with Gasteiger partial charge in [0.1, 0.15) is 6.04 Å². The molecule has 1 aliphatic rings. The van der Waals surface area contributed by atoms with Gasteiger partial charge in [-0.1, -0.05) is 35.3 Å². The summed E-state index contributed by atoms with van der Waals surface area (Å²) in [5.41, 5.74) is 0.863. The molecule has 8 nitrogen and oxygen atoms in total. The van der Waals surface area contributed by atoms with Crippen molar-refractivity contribution in [2.24, 2.45) is 0 Å². The van der Waals surface area contributed by atoms with Crippen molar-refractivity contribution in [2.45, 2.75) is 25.4 Å². The monoisotopic (exact) mass is 472 g/mol. The van der Waals surface area contributed by atoms with Crippen LogP contribution in [0.3, 0.4) is 0 Å². The molecule has 1 aromatic heterocycles. The van der Waals surface area contributed by atoms with Gasteiger partial charge in [0.15, 0.2) is 0 Å². The Morgan fingerprint density at radius 2 is 1.88 bits per heavy atom. The molecule has 0 spiro atoms. The van der Waals surface area contributed by atoms with Gasteiger partial charge in [0.25, 0.3) is 5.56 Å². The van der Waals surface area contributed by atoms with Gasteiger partial charge in [-0.25, -0.2) is 4.79 Å². The predicted molar refractivity (Wildman–Crippen MR) is 122 cm³/mol. The van der Waals surface area contributed by atoms with Crippen LogP contribution in [0.4, 0.5) is 10.5 Å². The first kappa shape index (κ1) is 21.9. The quantitative estimate of drug-likeness (QED) is 0.503. The zero-order valence-corrected chi connectivity index (χ0v) is 18.2. The van der Waals surface area contributed by atoms with Crippen LogP contribution in [-0.4, -0.2) is 22.4 Å². The highest BCUT2D eigenvalue weighted by molar-refractivity contribution is 6.42. The van der Waals surface area contributed by atoms with Crippen LogP contribution >= 0.6 is 23.2 Å². The minimum Gasteiger partial charge on any atom is -0.334 e. The van der Waals surface area contributed by atoms with Crippen LogP contribution in [-0.2, 0) is 16.1 Å². The lowest BCUT2D eigenvalue weighted by atomic mass is 10.0. The van der Waals surface area contributed by atoms with E-state index in [0.29, 0.717) is 32.1 Å². The Labute approximate surface area is 192 Å². The highest BCUT2D eigenvalue weighted by Crippen LogP contribution is 2.25. The van der Waals surface area contributed by atoms with E-state index < -0.39 is 18.0 Å². The molecule has 1 fully saturated rings. The molecule has 0 aliphatic carbocycles. The number of imide groups is 1. The van der Waals surface area contributed by atoms with E-state index in [4.69, 9.17) is 23.2 Å². The molecule has 1 unspecified atom stereocenters. The molecule has 164 valence electrons. The van der Waals surface area contributed by atoms with Gasteiger partial charge in [-0.3, -0.25) is 19.7 Å². The second-order valence-corrected chi connectivity index (χ2v) is 8.17. The van der Waals surface area contributed by atoms with E-state index in [9.17, 15) is 19.2 Å². The molecule has 10 heteroatoms. The molecule has 1 saturated heterocycles. The third-order valence-corrected chi connectivity index (χ3v) is 5.91. The highest BCUT2D eigenvalue weighted by Gasteiger charge is 2.28. The Morgan fingerprint density at radius 1 is 1.06 bits per heavy atom. The molecule has 3 aromatic rings. The van der Waals surface area contributed by atoms with Crippen molar-refractivity contribution < 1.29 is 14.4 Å². The fourth-order valence-corrected chi connectivity index (χ4v) is 3.83. The minimum atomic E-state index is -0.733. The largest absolute Gasteiger partial charge is 0.334 e. The van der Waals surface area contributed by atoms with Crippen LogP contribution < -0.4 is 21.5 Å². The summed E-state index contributed by atoms with van der Waals surface area (Å²) in [5, 5.41) is 9.48. The van der Waals surface area contributed by atoms with E-state index in [-0.39, 0.29) is 30.9 Å². The van der Waals surface area contributed by atoms with Crippen molar-refractivity contribution in [1.29, 1.82) is 0 Å². The summed E-state index contributed by atoms with van der Waals surface area (Å²) in [4.78, 5) is 48.8. The zero-order chi connectivity index (χ0) is 22.8. The van der Waals surface area contributed by atoms with Crippen molar-refractivity contribution in [3.05, 3.63) is 74.6 Å². The van der Waals surface area contributed by atoms with E-state index in [1.165, 1.54) is 10.6 Å². The van der Waals surface area contributed by atoms with Crippen LogP contribution in [0.5, 0.6) is 0 Å². The maximum absolute atomic E-state index is 13.0. The predicted octanol–water partition coefficient (Wildman–Crippen LogP) is 3.61. The number of amides is 4. The molecule has 2 aromatic carbocycles. The number of fused-ring (bicyclic) bond motifs is 1. The first-order chi connectivity index (χ1) is 15.3. The molecule has 0 bridgehead atoms. The number of carbonyl (C=O) groups excluding carboxylic acids is 3. The van der Waals surface area contributed by atoms with E-state index >= 15 is 0 Å². The first-order valence-electron chi connectivity index (χ1n) is 9.79. The third kappa shape index (κ3) is 4.61. The van der Waals surface area contributed by atoms with Gasteiger partial charge in [0.2, 0.25) is 11.8 Å². The maximum Gasteiger partial charge on any atom is 0.319 e. The molecule has 4 rings (SSSR count). The number of carbonyl (C=O) groups is 3. The number of nitrogens with zero attached hydrogens (tertiary/aromatic N) is 1. The lowest BCUT2D eigenvalue weighted by Crippen LogP contribution is -2.44. The molecular weight excluding hydrogens is 455 g/mol. The number of halogens is 2. The number of nitrogens with one attached hydrogen (secondary N) is 3. The lowest BCUT2D eigenvalue weighted by Gasteiger charge is -2.23. The Kier molecular flexibility index (Phi) is 6.16. The number of urea groups is 1. The highest BCUT2D eigenvalue weighted by atomic mass is 35.5. The average Bonchev–Trinajstić information content (AvgIpc) is 2.76. The summed E-state index contributed by atoms with van der Waals surface area (Å²) in [6.45, 7) is 0.176. The van der Waals surface area contributed by atoms with Crippen molar-refractivity contribution in [3.8, 4) is 0 Å². The average molecular weight is 473 g/mol. The van der Waals surface area contributed by atoms with Crippen LogP contribution in [0, 0.1) is 0 Å². The second kappa shape index (κ2) is 9.02. The van der Waals surface area contributed by atoms with Gasteiger partial charge < -0.3 is 15.2 Å². The van der Waals surface area contributed by atoms with Crippen molar-refractivity contribution in [2.75, 3.05) is 5.32 Å². The van der Waals surface area contributed by atoms with Crippen molar-refractivity contribution in [3.63, 3.8) is 0 Å². The van der Waals surface area contributed by atoms with E-state index in [2.05, 4.69) is 16.0 Å². The van der Waals surface area contributed by atoms with Gasteiger partial charge in [-0.05, 0) is 47.7 Å². The number of anilines is 1. The number of rotatable bonds is 4. The fourth-order valence-electron chi connectivity index (χ4n) is 3.54. The summed E-state index contributed by atoms with van der Waals surface area (Å²) in [7, 11) is 0. The Hall–Kier alpha value is -3.36. The standard InChI is InChI=1S/C22H18Cl2N4O4/c23-16-4-3-14(10-17(16)24)26-22(32)25-11-12-1-2-13-7-8-28(21(31)15(13)9-12)18-5-6-19(29)27-20(18)30/h1-4,7-10,18H,5-6,11H2,(H2,25,26,32)(H,27,29,30). The number of aromatic nitrogens is 1. The maximum atomic E-state index is 13.0. The summed E-state index contributed by atoms with van der Waals surface area (Å²) in [6, 6.07) is 10.6. The van der Waals surface area contributed by atoms with Gasteiger partial charge >= 0.3 is 6.03 Å². The van der Waals surface area contributed by atoms with E-state index in [1.54, 1.807) is 42.6 Å². The Bertz CT molecular complexity index is 1300. The first-order valence-corrected chi connectivity index (χ1v) is 10.5. The molecule has 0 saturated carbocycles. The molecule has 1 aliphatic heterocycles. The summed E-state index contributed by atoms with van der Waals surface area (Å²) >= 11 is 11.8. The van der Waals surface area contributed by atoms with Gasteiger partial charge in [-0.2, -0.15) is 0 Å². The Morgan fingerprint density at radius 3 is 2.62 bits per heavy atom. The summed E-state index contributed by atoms with van der Waals surface area (Å²) in [5.74, 6) is -0.827. The van der Waals surface area contributed by atoms with Crippen LogP contribution in [0.1, 0.15) is 24.4 Å². The van der Waals surface area contributed by atoms with Crippen LogP contribution in [0.2, 0.25) is 10.0 Å². The van der Waals surface area contributed by atoms with E-state index in [1.807, 2.05) is 0 Å². The molecule has 3 N–H and O–H groups in total. The number of hydrogen-bond donors (Lipinski definition) is 3. The molecule has 2 heterocycles. The van der Waals surface area contributed by atoms with Crippen LogP contribution in [0.15, 0.2) is 53.5 Å². The van der Waals surface area contributed by atoms with Gasteiger partial charge in [-0.15, -0.1) is 0 Å². The minimum absolute atomic E-state index is 0.176. The topological polar surface area (TPSA) is 109 Å². The van der Waals surface area contributed by atoms with Crippen molar-refractivity contribution in [1.82, 2.24) is 15.2 Å². The molecule has 0 radical (unpaired) electrons. The van der Waals surface area contributed by atoms with E-state index in [0.717, 1.165) is 0 Å². The van der Waals surface area contributed by atoms with Gasteiger partial charge in [0.05, 0.1) is 10.0 Å². The number of piperidine rings is 1. The zero-order valence-electron chi connectivity index (χ0n) is 16.7. The number of pyridine rings is 1. The third-order valence-electron chi connectivity index (χ3n) is 5.17. The number of benzene rings is 2. The molecule has 4 amide bonds. The van der Waals surface area contributed by atoms with Gasteiger partial charge in [0, 0.05) is 30.2 Å². The molecular formula is C22H18Cl2N4O4. The summed E-state index contributed by atoms with van der Waals surface area (Å²) < 4.78 is 1.35. The molecule has 32 heavy (non-hydrogen) atoms. The lowest BCUT2D eigenvalue weighted by molar-refractivity contribution is -0.135. The SMILES string of the molecule is O=C1CCC(n2ccc3ccc(CNC(=O)Nc4ccc(Cl)c(Cl)c4)cc3c2=O)C(=O)N1. The van der Waals surface area contributed by atoms with Crippen LogP contribution in [0.25, 0.3) is 10.8 Å². The fraction of sp³-hybridized carbons (Fsp3) is 0.182. The second-order valence-electron chi connectivity index (χ2n) is 7.35. The smallest absolute Gasteiger partial charge is 0.319 e. The molecule has 1 atom stereocenters. The van der Waals surface area contributed by atoms with Crippen molar-refractivity contribution >= 4 is 57.5 Å².